The minimum Gasteiger partial charge on any atom is -0.444 e. The molecular formula is C38H53FN6O5. The second-order valence-corrected chi connectivity index (χ2v) is 14.3. The first kappa shape index (κ1) is 39.7. The molecule has 1 fully saturated rings. The number of anilines is 1. The maximum Gasteiger partial charge on any atom is 0.408 e. The lowest BCUT2D eigenvalue weighted by Crippen LogP contribution is -2.58. The van der Waals surface area contributed by atoms with Gasteiger partial charge in [-0.1, -0.05) is 56.8 Å². The molecule has 4 amide bonds. The van der Waals surface area contributed by atoms with Gasteiger partial charge >= 0.3 is 6.09 Å². The van der Waals surface area contributed by atoms with Gasteiger partial charge in [0.2, 0.25) is 17.7 Å². The highest BCUT2D eigenvalue weighted by Crippen LogP contribution is 2.26. The van der Waals surface area contributed by atoms with Crippen LogP contribution in [0.25, 0.3) is 0 Å². The molecule has 272 valence electrons. The number of imidazole rings is 1. The number of ether oxygens (including phenoxy) is 1. The number of likely N-dealkylation sites (tertiary alicyclic amines) is 1. The molecule has 1 aliphatic heterocycles. The lowest BCUT2D eigenvalue weighted by atomic mass is 9.97. The lowest BCUT2D eigenvalue weighted by molar-refractivity contribution is -0.135. The van der Waals surface area contributed by atoms with Crippen LogP contribution in [0.15, 0.2) is 67.1 Å². The van der Waals surface area contributed by atoms with Crippen molar-refractivity contribution in [2.75, 3.05) is 18.4 Å². The summed E-state index contributed by atoms with van der Waals surface area (Å²) in [5.74, 6) is -0.908. The van der Waals surface area contributed by atoms with Crippen LogP contribution in [-0.4, -0.2) is 68.5 Å². The minimum absolute atomic E-state index is 0. The number of halogens is 1. The SMILES string of the molecule is C.CC1CCN(C(=O)C(c2ccc(F)cc2)n2cnc(NC(=O)[C@@H](CCCc3ccccc3)NC(=O)C(C)(C)NC(=O)OC(C)(C)C)c2)CC1. The zero-order valence-corrected chi connectivity index (χ0v) is 29.3. The second-order valence-electron chi connectivity index (χ2n) is 14.3. The Morgan fingerprint density at radius 2 is 1.62 bits per heavy atom. The average molecular weight is 693 g/mol. The molecule has 2 aromatic carbocycles. The lowest BCUT2D eigenvalue weighted by Gasteiger charge is -2.33. The quantitative estimate of drug-likeness (QED) is 0.205. The average Bonchev–Trinajstić information content (AvgIpc) is 3.48. The van der Waals surface area contributed by atoms with E-state index in [2.05, 4.69) is 27.9 Å². The van der Waals surface area contributed by atoms with Crippen molar-refractivity contribution in [3.8, 4) is 0 Å². The number of hydrogen-bond donors (Lipinski definition) is 3. The van der Waals surface area contributed by atoms with Crippen LogP contribution in [0.1, 0.15) is 91.8 Å². The van der Waals surface area contributed by atoms with Gasteiger partial charge in [0.05, 0.1) is 6.33 Å². The molecule has 11 nitrogen and oxygen atoms in total. The van der Waals surface area contributed by atoms with E-state index in [-0.39, 0.29) is 19.2 Å². The molecule has 12 heteroatoms. The van der Waals surface area contributed by atoms with Crippen LogP contribution in [0.5, 0.6) is 0 Å². The van der Waals surface area contributed by atoms with E-state index in [4.69, 9.17) is 4.74 Å². The number of piperidine rings is 1. The Morgan fingerprint density at radius 3 is 2.24 bits per heavy atom. The van der Waals surface area contributed by atoms with Crippen LogP contribution in [0.3, 0.4) is 0 Å². The fourth-order valence-electron chi connectivity index (χ4n) is 5.62. The van der Waals surface area contributed by atoms with Crippen molar-refractivity contribution in [3.05, 3.63) is 84.1 Å². The molecule has 0 spiro atoms. The minimum atomic E-state index is -1.39. The van der Waals surface area contributed by atoms with Gasteiger partial charge in [-0.25, -0.2) is 14.2 Å². The molecule has 1 aliphatic rings. The summed E-state index contributed by atoms with van der Waals surface area (Å²) in [7, 11) is 0. The topological polar surface area (TPSA) is 135 Å². The van der Waals surface area contributed by atoms with E-state index in [0.29, 0.717) is 43.8 Å². The largest absolute Gasteiger partial charge is 0.444 e. The third-order valence-electron chi connectivity index (χ3n) is 8.47. The van der Waals surface area contributed by atoms with Crippen molar-refractivity contribution in [1.29, 1.82) is 0 Å². The van der Waals surface area contributed by atoms with Crippen molar-refractivity contribution in [1.82, 2.24) is 25.1 Å². The first-order valence-corrected chi connectivity index (χ1v) is 16.9. The number of amides is 4. The molecule has 50 heavy (non-hydrogen) atoms. The van der Waals surface area contributed by atoms with Gasteiger partial charge in [0.15, 0.2) is 5.82 Å². The van der Waals surface area contributed by atoms with Gasteiger partial charge in [0.1, 0.15) is 29.0 Å². The van der Waals surface area contributed by atoms with E-state index in [1.165, 1.54) is 32.3 Å². The maximum absolute atomic E-state index is 13.8. The summed E-state index contributed by atoms with van der Waals surface area (Å²) in [6.07, 6.45) is 5.64. The van der Waals surface area contributed by atoms with Gasteiger partial charge in [-0.15, -0.1) is 0 Å². The van der Waals surface area contributed by atoms with Crippen molar-refractivity contribution in [3.63, 3.8) is 0 Å². The highest BCUT2D eigenvalue weighted by Gasteiger charge is 2.35. The van der Waals surface area contributed by atoms with E-state index >= 15 is 0 Å². The Bertz CT molecular complexity index is 1580. The van der Waals surface area contributed by atoms with E-state index in [9.17, 15) is 23.6 Å². The summed E-state index contributed by atoms with van der Waals surface area (Å²) >= 11 is 0. The molecule has 1 aromatic heterocycles. The van der Waals surface area contributed by atoms with Crippen molar-refractivity contribution < 1.29 is 28.3 Å². The van der Waals surface area contributed by atoms with Gasteiger partial charge in [-0.3, -0.25) is 14.4 Å². The summed E-state index contributed by atoms with van der Waals surface area (Å²) in [6, 6.07) is 13.8. The fraction of sp³-hybridized carbons (Fsp3) is 0.500. The summed E-state index contributed by atoms with van der Waals surface area (Å²) < 4.78 is 20.8. The highest BCUT2D eigenvalue weighted by atomic mass is 19.1. The normalized spacial score (nSPS) is 14.9. The van der Waals surface area contributed by atoms with E-state index in [1.807, 2.05) is 35.2 Å². The van der Waals surface area contributed by atoms with E-state index < -0.39 is 46.9 Å². The standard InChI is InChI=1S/C37H49FN6O5.CH4/c1-25-19-21-43(22-20-25)33(46)31(27-15-17-28(38)18-16-27)44-23-30(39-24-44)41-32(45)29(14-10-13-26-11-8-7-9-12-26)40-34(47)37(5,6)42-35(48)49-36(2,3)4;/h7-9,11-12,15-18,23-25,29,31H,10,13-14,19-22H2,1-6H3,(H,40,47)(H,41,45)(H,42,48);1H4/t29-,31?;/m1./s1. The summed E-state index contributed by atoms with van der Waals surface area (Å²) in [5.41, 5.74) is -0.465. The zero-order chi connectivity index (χ0) is 35.8. The Labute approximate surface area is 295 Å². The van der Waals surface area contributed by atoms with Crippen LogP contribution in [-0.2, 0) is 25.5 Å². The molecule has 0 bridgehead atoms. The molecule has 0 radical (unpaired) electrons. The summed E-state index contributed by atoms with van der Waals surface area (Å²) in [6.45, 7) is 11.6. The number of rotatable bonds is 12. The third-order valence-corrected chi connectivity index (χ3v) is 8.47. The fourth-order valence-corrected chi connectivity index (χ4v) is 5.62. The van der Waals surface area contributed by atoms with Crippen molar-refractivity contribution in [2.45, 2.75) is 104 Å². The second kappa shape index (κ2) is 17.3. The van der Waals surface area contributed by atoms with Gasteiger partial charge in [0.25, 0.3) is 0 Å². The molecule has 0 saturated carbocycles. The monoisotopic (exact) mass is 692 g/mol. The number of nitrogens with zero attached hydrogens (tertiary/aromatic N) is 3. The van der Waals surface area contributed by atoms with Crippen LogP contribution >= 0.6 is 0 Å². The molecule has 3 aromatic rings. The van der Waals surface area contributed by atoms with Gasteiger partial charge in [-0.2, -0.15) is 0 Å². The van der Waals surface area contributed by atoms with E-state index in [1.54, 1.807) is 43.7 Å². The van der Waals surface area contributed by atoms with E-state index in [0.717, 1.165) is 18.4 Å². The number of alkyl carbamates (subject to hydrolysis) is 1. The number of nitrogens with one attached hydrogen (secondary N) is 3. The molecule has 1 unspecified atom stereocenters. The molecule has 3 N–H and O–H groups in total. The van der Waals surface area contributed by atoms with Gasteiger partial charge < -0.3 is 30.2 Å². The van der Waals surface area contributed by atoms with Crippen molar-refractivity contribution in [2.24, 2.45) is 5.92 Å². The van der Waals surface area contributed by atoms with Crippen LogP contribution < -0.4 is 16.0 Å². The summed E-state index contributed by atoms with van der Waals surface area (Å²) in [5, 5.41) is 8.19. The molecule has 1 saturated heterocycles. The Kier molecular flexibility index (Phi) is 13.7. The third kappa shape index (κ3) is 11.4. The molecule has 2 heterocycles. The van der Waals surface area contributed by atoms with Crippen LogP contribution in [0.2, 0.25) is 0 Å². The van der Waals surface area contributed by atoms with Gasteiger partial charge in [0, 0.05) is 19.3 Å². The molecule has 2 atom stereocenters. The molecule has 4 rings (SSSR count). The van der Waals surface area contributed by atoms with Crippen LogP contribution in [0, 0.1) is 11.7 Å². The zero-order valence-electron chi connectivity index (χ0n) is 29.3. The first-order valence-electron chi connectivity index (χ1n) is 16.9. The molecule has 0 aliphatic carbocycles. The van der Waals surface area contributed by atoms with Gasteiger partial charge in [-0.05, 0) is 95.9 Å². The number of aromatic nitrogens is 2. The molecular weight excluding hydrogens is 639 g/mol. The summed E-state index contributed by atoms with van der Waals surface area (Å²) in [4.78, 5) is 59.6. The number of hydrogen-bond acceptors (Lipinski definition) is 6. The Hall–Kier alpha value is -4.74. The van der Waals surface area contributed by atoms with Crippen molar-refractivity contribution >= 4 is 29.6 Å². The maximum atomic E-state index is 13.8. The Morgan fingerprint density at radius 1 is 0.980 bits per heavy atom. The smallest absolute Gasteiger partial charge is 0.408 e. The predicted molar refractivity (Wildman–Crippen MR) is 192 cm³/mol. The number of carbonyl (C=O) groups is 4. The van der Waals surface area contributed by atoms with Crippen LogP contribution in [0.4, 0.5) is 15.0 Å². The number of benzene rings is 2. The Balaban J connectivity index is 0.00000676. The number of carbonyl (C=O) groups excluding carboxylic acids is 4. The number of aryl methyl sites for hydroxylation is 1. The highest BCUT2D eigenvalue weighted by molar-refractivity contribution is 5.98. The first-order chi connectivity index (χ1) is 23.1. The predicted octanol–water partition coefficient (Wildman–Crippen LogP) is 6.26.